The van der Waals surface area contributed by atoms with E-state index in [-0.39, 0.29) is 5.92 Å². The Kier molecular flexibility index (Phi) is 13.3. The number of aromatic nitrogens is 5. The van der Waals surface area contributed by atoms with E-state index in [1.165, 1.54) is 10.8 Å². The molecule has 0 amide bonds. The van der Waals surface area contributed by atoms with Crippen LogP contribution in [0, 0.1) is 12.5 Å². The maximum absolute atomic E-state index is 8.21. The number of para-hydroxylation sites is 2. The Balaban J connectivity index is 1.07. The van der Waals surface area contributed by atoms with Crippen LogP contribution in [0.2, 0.25) is 0 Å². The molecular weight excluding hydrogens is 997 g/mol. The molecule has 12 aromatic rings. The van der Waals surface area contributed by atoms with Crippen molar-refractivity contribution in [2.75, 3.05) is 0 Å². The molecular formula is C76H54N6. The summed E-state index contributed by atoms with van der Waals surface area (Å²) in [6.07, 6.45) is 14.3. The molecule has 1 atom stereocenters. The van der Waals surface area contributed by atoms with E-state index in [1.807, 2.05) is 48.6 Å². The largest absolute Gasteiger partial charge is 0.312 e. The van der Waals surface area contributed by atoms with Gasteiger partial charge in [0.15, 0.2) is 23.2 Å². The molecule has 3 aromatic heterocycles. The van der Waals surface area contributed by atoms with Gasteiger partial charge in [-0.15, -0.1) is 0 Å². The third kappa shape index (κ3) is 9.22. The number of hydrogen-bond acceptors (Lipinski definition) is 3. The summed E-state index contributed by atoms with van der Waals surface area (Å²) in [5, 5.41) is 4.40. The van der Waals surface area contributed by atoms with E-state index in [9.17, 15) is 0 Å². The molecule has 0 spiro atoms. The van der Waals surface area contributed by atoms with E-state index in [0.717, 1.165) is 111 Å². The predicted molar refractivity (Wildman–Crippen MR) is 344 cm³/mol. The van der Waals surface area contributed by atoms with Crippen LogP contribution >= 0.6 is 0 Å². The number of nitrogens with zero attached hydrogens (tertiary/aromatic N) is 6. The summed E-state index contributed by atoms with van der Waals surface area (Å²) in [6, 6.07) is 76.2. The predicted octanol–water partition coefficient (Wildman–Crippen LogP) is 19.8. The average Bonchev–Trinajstić information content (AvgIpc) is 4.05. The zero-order valence-corrected chi connectivity index (χ0v) is 45.1. The van der Waals surface area contributed by atoms with Gasteiger partial charge in [-0.25, -0.2) is 19.8 Å². The van der Waals surface area contributed by atoms with Gasteiger partial charge in [-0.2, -0.15) is 0 Å². The second-order valence-electron chi connectivity index (χ2n) is 20.5. The molecule has 0 N–H and O–H groups in total. The Bertz CT molecular complexity index is 4660. The van der Waals surface area contributed by atoms with Crippen LogP contribution in [0.15, 0.2) is 293 Å². The number of benzene rings is 9. The van der Waals surface area contributed by atoms with Crippen LogP contribution in [0.1, 0.15) is 23.4 Å². The van der Waals surface area contributed by atoms with Crippen molar-refractivity contribution in [1.29, 1.82) is 0 Å². The Morgan fingerprint density at radius 3 is 1.66 bits per heavy atom. The van der Waals surface area contributed by atoms with Crippen LogP contribution in [0.3, 0.4) is 0 Å². The molecule has 6 nitrogen and oxygen atoms in total. The zero-order valence-electron chi connectivity index (χ0n) is 45.1. The summed E-state index contributed by atoms with van der Waals surface area (Å²) in [6.45, 7) is 25.3. The maximum Gasteiger partial charge on any atom is 0.188 e. The van der Waals surface area contributed by atoms with Crippen molar-refractivity contribution in [2.45, 2.75) is 6.42 Å². The highest BCUT2D eigenvalue weighted by molar-refractivity contribution is 6.15. The summed E-state index contributed by atoms with van der Waals surface area (Å²) in [7, 11) is 0. The van der Waals surface area contributed by atoms with Crippen molar-refractivity contribution < 1.29 is 0 Å². The highest BCUT2D eigenvalue weighted by Crippen LogP contribution is 2.49. The second kappa shape index (κ2) is 21.7. The van der Waals surface area contributed by atoms with Crippen LogP contribution in [-0.4, -0.2) is 24.1 Å². The van der Waals surface area contributed by atoms with Gasteiger partial charge in [0, 0.05) is 50.2 Å². The molecule has 0 saturated carbocycles. The van der Waals surface area contributed by atoms with Crippen molar-refractivity contribution >= 4 is 71.7 Å². The molecule has 388 valence electrons. The first-order valence-electron chi connectivity index (χ1n) is 27.4. The molecule has 1 unspecified atom stereocenters. The molecule has 1 aliphatic carbocycles. The van der Waals surface area contributed by atoms with Crippen LogP contribution < -0.4 is 0 Å². The topological polar surface area (TPSA) is 52.9 Å². The van der Waals surface area contributed by atoms with Crippen LogP contribution in [0.4, 0.5) is 5.69 Å². The minimum atomic E-state index is -0.288. The van der Waals surface area contributed by atoms with E-state index >= 15 is 0 Å². The van der Waals surface area contributed by atoms with Gasteiger partial charge in [0.2, 0.25) is 0 Å². The molecule has 0 aliphatic heterocycles. The van der Waals surface area contributed by atoms with Crippen molar-refractivity contribution in [3.8, 4) is 50.7 Å². The Hall–Kier alpha value is -11.0. The van der Waals surface area contributed by atoms with Gasteiger partial charge < -0.3 is 9.13 Å². The van der Waals surface area contributed by atoms with Crippen LogP contribution in [-0.2, 0) is 0 Å². The summed E-state index contributed by atoms with van der Waals surface area (Å²) < 4.78 is 4.77. The lowest BCUT2D eigenvalue weighted by atomic mass is 9.79. The standard InChI is InChI=1S/C76H54N6/c1-6-9-24-50(4)57-43-58(53-27-15-11-16-28-53)45-59(44-57)75-78-74(56-37-35-54(36-38-56)52-25-13-10-14-26-52)79-76(80-75)60-46-65(51(8-3)23-7-2)73(66(47-60)55-29-17-12-18-30-55)82-71-41-39-61(77-5)48-67(71)68-49-62(40-42-72(68)82)81-69-33-21-19-31-63(69)64-32-20-22-34-70(64)81/h6-45,47-49,65H,1-4,46H2/b24-9-,51-23+. The van der Waals surface area contributed by atoms with Gasteiger partial charge in [0.05, 0.1) is 28.6 Å². The Morgan fingerprint density at radius 1 is 0.488 bits per heavy atom. The average molecular weight is 1050 g/mol. The number of rotatable bonds is 14. The maximum atomic E-state index is 8.21. The number of hydrogen-bond donors (Lipinski definition) is 0. The highest BCUT2D eigenvalue weighted by Gasteiger charge is 2.33. The summed E-state index contributed by atoms with van der Waals surface area (Å²) in [4.78, 5) is 20.3. The first-order chi connectivity index (χ1) is 40.4. The van der Waals surface area contributed by atoms with E-state index in [4.69, 9.17) is 21.5 Å². The molecule has 1 aliphatic rings. The Morgan fingerprint density at radius 2 is 1.02 bits per heavy atom. The quantitative estimate of drug-likeness (QED) is 0.0805. The first kappa shape index (κ1) is 50.5. The highest BCUT2D eigenvalue weighted by atomic mass is 15.0. The lowest BCUT2D eigenvalue weighted by Gasteiger charge is -2.31. The SMILES string of the molecule is [C-]#[N+]c1ccc2c(c1)c1cc(-n3c4ccccc4c4ccccc43)ccc1n2C1=C(c2ccccc2)C=C(c2nc(-c3ccc(-c4ccccc4)cc3)nc(-c3cc(C(=C)/C=C\C=C)cc(-c4ccccc4)c3)n2)CC1/C(C=C)=C/C=C. The fraction of sp³-hybridized carbons (Fsp3) is 0.0263. The summed E-state index contributed by atoms with van der Waals surface area (Å²) in [5.41, 5.74) is 18.6. The molecule has 0 fully saturated rings. The fourth-order valence-corrected chi connectivity index (χ4v) is 11.7. The van der Waals surface area contributed by atoms with Crippen molar-refractivity contribution in [3.63, 3.8) is 0 Å². The van der Waals surface area contributed by atoms with Gasteiger partial charge in [-0.05, 0) is 129 Å². The van der Waals surface area contributed by atoms with Gasteiger partial charge in [-0.3, -0.25) is 0 Å². The normalized spacial score (nSPS) is 13.7. The summed E-state index contributed by atoms with van der Waals surface area (Å²) in [5.74, 6) is 1.35. The van der Waals surface area contributed by atoms with Gasteiger partial charge in [0.25, 0.3) is 0 Å². The lowest BCUT2D eigenvalue weighted by molar-refractivity contribution is 0.778. The van der Waals surface area contributed by atoms with Gasteiger partial charge in [0.1, 0.15) is 0 Å². The van der Waals surface area contributed by atoms with Gasteiger partial charge in [-0.1, -0.05) is 220 Å². The smallest absolute Gasteiger partial charge is 0.188 e. The van der Waals surface area contributed by atoms with E-state index < -0.39 is 0 Å². The number of allylic oxidation sites excluding steroid dienone is 12. The molecule has 0 saturated heterocycles. The second-order valence-corrected chi connectivity index (χ2v) is 20.5. The minimum absolute atomic E-state index is 0.288. The van der Waals surface area contributed by atoms with Crippen molar-refractivity contribution in [2.24, 2.45) is 5.92 Å². The molecule has 82 heavy (non-hydrogen) atoms. The Labute approximate surface area is 477 Å². The minimum Gasteiger partial charge on any atom is -0.312 e. The van der Waals surface area contributed by atoms with E-state index in [1.54, 1.807) is 6.08 Å². The monoisotopic (exact) mass is 1050 g/mol. The van der Waals surface area contributed by atoms with Crippen LogP contribution in [0.5, 0.6) is 0 Å². The van der Waals surface area contributed by atoms with E-state index in [2.05, 4.69) is 247 Å². The third-order valence-electron chi connectivity index (χ3n) is 15.6. The van der Waals surface area contributed by atoms with Crippen LogP contribution in [0.25, 0.3) is 122 Å². The first-order valence-corrected chi connectivity index (χ1v) is 27.4. The molecule has 0 bridgehead atoms. The lowest BCUT2D eigenvalue weighted by Crippen LogP contribution is -2.18. The van der Waals surface area contributed by atoms with Crippen molar-refractivity contribution in [3.05, 3.63) is 321 Å². The molecule has 6 heteroatoms. The van der Waals surface area contributed by atoms with Crippen molar-refractivity contribution in [1.82, 2.24) is 24.1 Å². The van der Waals surface area contributed by atoms with E-state index in [0.29, 0.717) is 29.6 Å². The summed E-state index contributed by atoms with van der Waals surface area (Å²) >= 11 is 0. The molecule has 13 rings (SSSR count). The number of fused-ring (bicyclic) bond motifs is 6. The molecule has 3 heterocycles. The third-order valence-corrected chi connectivity index (χ3v) is 15.6. The fourth-order valence-electron chi connectivity index (χ4n) is 11.7. The van der Waals surface area contributed by atoms with Gasteiger partial charge >= 0.3 is 0 Å². The molecule has 9 aromatic carbocycles. The zero-order chi connectivity index (χ0) is 55.7. The molecule has 0 radical (unpaired) electrons.